The van der Waals surface area contributed by atoms with Crippen molar-refractivity contribution in [1.82, 2.24) is 14.8 Å². The number of alkyl halides is 1. The third-order valence-corrected chi connectivity index (χ3v) is 5.53. The zero-order valence-corrected chi connectivity index (χ0v) is 14.6. The Kier molecular flexibility index (Phi) is 4.57. The first-order valence-electron chi connectivity index (χ1n) is 9.16. The van der Waals surface area contributed by atoms with E-state index in [1.54, 1.807) is 6.20 Å². The van der Waals surface area contributed by atoms with Gasteiger partial charge >= 0.3 is 0 Å². The Morgan fingerprint density at radius 2 is 1.96 bits per heavy atom. The van der Waals surface area contributed by atoms with Crippen molar-refractivity contribution in [3.05, 3.63) is 42.2 Å². The molecule has 2 saturated heterocycles. The second kappa shape index (κ2) is 7.02. The van der Waals surface area contributed by atoms with Crippen LogP contribution >= 0.6 is 0 Å². The summed E-state index contributed by atoms with van der Waals surface area (Å²) in [5, 5.41) is 1.86. The Balaban J connectivity index is 1.45. The number of carbonyl (C=O) groups is 2. The fourth-order valence-corrected chi connectivity index (χ4v) is 4.09. The highest BCUT2D eigenvalue weighted by molar-refractivity contribution is 6.05. The number of piperidine rings is 1. The van der Waals surface area contributed by atoms with Crippen molar-refractivity contribution in [3.63, 3.8) is 0 Å². The third kappa shape index (κ3) is 3.04. The molecule has 4 rings (SSSR count). The number of hydrogen-bond donors (Lipinski definition) is 0. The van der Waals surface area contributed by atoms with Gasteiger partial charge in [0.1, 0.15) is 5.69 Å². The van der Waals surface area contributed by atoms with E-state index in [1.165, 1.54) is 0 Å². The topological polar surface area (TPSA) is 53.5 Å². The van der Waals surface area contributed by atoms with Gasteiger partial charge in [-0.15, -0.1) is 0 Å². The first-order valence-corrected chi connectivity index (χ1v) is 9.16. The van der Waals surface area contributed by atoms with Crippen LogP contribution in [0.25, 0.3) is 10.8 Å². The molecule has 1 unspecified atom stereocenters. The first-order chi connectivity index (χ1) is 12.7. The number of carbonyl (C=O) groups excluding carboxylic acids is 2. The number of benzene rings is 1. The van der Waals surface area contributed by atoms with Gasteiger partial charge in [0.2, 0.25) is 5.91 Å². The molecule has 1 aromatic carbocycles. The van der Waals surface area contributed by atoms with Crippen molar-refractivity contribution in [2.45, 2.75) is 25.3 Å². The Hall–Kier alpha value is -2.50. The number of rotatable bonds is 3. The molecule has 26 heavy (non-hydrogen) atoms. The zero-order chi connectivity index (χ0) is 18.1. The number of fused-ring (bicyclic) bond motifs is 1. The number of amides is 2. The molecule has 2 aliphatic rings. The number of aromatic nitrogens is 1. The van der Waals surface area contributed by atoms with Gasteiger partial charge in [-0.3, -0.25) is 19.0 Å². The number of halogens is 1. The molecule has 2 aromatic rings. The summed E-state index contributed by atoms with van der Waals surface area (Å²) in [6, 6.07) is 9.76. The normalized spacial score (nSPS) is 21.6. The predicted octanol–water partition coefficient (Wildman–Crippen LogP) is 2.66. The molecule has 0 spiro atoms. The van der Waals surface area contributed by atoms with E-state index in [-0.39, 0.29) is 23.8 Å². The van der Waals surface area contributed by atoms with Gasteiger partial charge in [0, 0.05) is 49.6 Å². The van der Waals surface area contributed by atoms with E-state index in [1.807, 2.05) is 40.1 Å². The molecule has 2 amide bonds. The highest BCUT2D eigenvalue weighted by atomic mass is 19.1. The van der Waals surface area contributed by atoms with Crippen LogP contribution in [-0.4, -0.2) is 58.9 Å². The fraction of sp³-hybridized carbons (Fsp3) is 0.450. The molecule has 0 radical (unpaired) electrons. The van der Waals surface area contributed by atoms with Crippen LogP contribution in [0.15, 0.2) is 36.5 Å². The Morgan fingerprint density at radius 3 is 2.69 bits per heavy atom. The van der Waals surface area contributed by atoms with E-state index in [9.17, 15) is 14.0 Å². The van der Waals surface area contributed by atoms with Gasteiger partial charge < -0.3 is 9.80 Å². The van der Waals surface area contributed by atoms with E-state index >= 15 is 0 Å². The summed E-state index contributed by atoms with van der Waals surface area (Å²) in [7, 11) is 0. The fourth-order valence-electron chi connectivity index (χ4n) is 4.09. The van der Waals surface area contributed by atoms with E-state index < -0.39 is 6.67 Å². The highest BCUT2D eigenvalue weighted by Gasteiger charge is 2.36. The number of nitrogens with zero attached hydrogens (tertiary/aromatic N) is 3. The minimum atomic E-state index is -0.438. The molecular weight excluding hydrogens is 333 g/mol. The second-order valence-corrected chi connectivity index (χ2v) is 7.17. The van der Waals surface area contributed by atoms with Crippen LogP contribution in [0.4, 0.5) is 4.39 Å². The summed E-state index contributed by atoms with van der Waals surface area (Å²) >= 11 is 0. The quantitative estimate of drug-likeness (QED) is 0.851. The van der Waals surface area contributed by atoms with Crippen LogP contribution in [0.3, 0.4) is 0 Å². The minimum Gasteiger partial charge on any atom is -0.339 e. The van der Waals surface area contributed by atoms with E-state index in [0.29, 0.717) is 31.7 Å². The largest absolute Gasteiger partial charge is 0.339 e. The number of pyridine rings is 1. The first kappa shape index (κ1) is 16.9. The van der Waals surface area contributed by atoms with Crippen molar-refractivity contribution in [1.29, 1.82) is 0 Å². The van der Waals surface area contributed by atoms with E-state index in [0.717, 1.165) is 23.6 Å². The molecule has 136 valence electrons. The minimum absolute atomic E-state index is 0.0492. The lowest BCUT2D eigenvalue weighted by Gasteiger charge is -2.36. The maximum absolute atomic E-state index is 12.9. The summed E-state index contributed by atoms with van der Waals surface area (Å²) < 4.78 is 12.9. The van der Waals surface area contributed by atoms with Crippen molar-refractivity contribution < 1.29 is 14.0 Å². The van der Waals surface area contributed by atoms with E-state index in [2.05, 4.69) is 4.98 Å². The zero-order valence-electron chi connectivity index (χ0n) is 14.6. The Labute approximate surface area is 151 Å². The Bertz CT molecular complexity index is 827. The lowest BCUT2D eigenvalue weighted by Crippen LogP contribution is -2.47. The molecule has 0 N–H and O–H groups in total. The number of likely N-dealkylation sites (tertiary alicyclic amines) is 2. The molecule has 2 aliphatic heterocycles. The van der Waals surface area contributed by atoms with Crippen LogP contribution < -0.4 is 0 Å². The SMILES string of the molecule is O=C(c1nccc2ccccc12)N1CCC(N2CC(CF)CC2=O)CC1. The van der Waals surface area contributed by atoms with Crippen LogP contribution in [0.2, 0.25) is 0 Å². The maximum Gasteiger partial charge on any atom is 0.273 e. The second-order valence-electron chi connectivity index (χ2n) is 7.17. The molecule has 2 fully saturated rings. The number of hydrogen-bond acceptors (Lipinski definition) is 3. The molecule has 0 aliphatic carbocycles. The monoisotopic (exact) mass is 355 g/mol. The standard InChI is InChI=1S/C20H22FN3O2/c21-12-14-11-18(25)24(13-14)16-6-9-23(10-7-16)20(26)19-17-4-2-1-3-15(17)5-8-22-19/h1-5,8,14,16H,6-7,9-13H2. The van der Waals surface area contributed by atoms with Crippen LogP contribution in [0.5, 0.6) is 0 Å². The smallest absolute Gasteiger partial charge is 0.273 e. The van der Waals surface area contributed by atoms with Gasteiger partial charge in [-0.2, -0.15) is 0 Å². The Morgan fingerprint density at radius 1 is 1.19 bits per heavy atom. The average Bonchev–Trinajstić information content (AvgIpc) is 3.08. The summed E-state index contributed by atoms with van der Waals surface area (Å²) in [6.45, 7) is 1.27. The lowest BCUT2D eigenvalue weighted by atomic mass is 10.0. The van der Waals surface area contributed by atoms with Gasteiger partial charge in [0.05, 0.1) is 6.67 Å². The molecule has 1 atom stereocenters. The molecule has 1 aromatic heterocycles. The highest BCUT2D eigenvalue weighted by Crippen LogP contribution is 2.27. The van der Waals surface area contributed by atoms with Gasteiger partial charge in [0.25, 0.3) is 5.91 Å². The summed E-state index contributed by atoms with van der Waals surface area (Å²) in [5.74, 6) is -0.176. The van der Waals surface area contributed by atoms with Crippen molar-refractivity contribution >= 4 is 22.6 Å². The van der Waals surface area contributed by atoms with Gasteiger partial charge in [0.15, 0.2) is 0 Å². The van der Waals surface area contributed by atoms with Gasteiger partial charge in [-0.1, -0.05) is 24.3 Å². The average molecular weight is 355 g/mol. The molecule has 6 heteroatoms. The van der Waals surface area contributed by atoms with E-state index in [4.69, 9.17) is 0 Å². The molecule has 0 saturated carbocycles. The van der Waals surface area contributed by atoms with Crippen LogP contribution in [-0.2, 0) is 4.79 Å². The van der Waals surface area contributed by atoms with Gasteiger partial charge in [-0.25, -0.2) is 0 Å². The van der Waals surface area contributed by atoms with Gasteiger partial charge in [-0.05, 0) is 24.3 Å². The summed E-state index contributed by atoms with van der Waals surface area (Å²) in [6.07, 6.45) is 3.46. The summed E-state index contributed by atoms with van der Waals surface area (Å²) in [4.78, 5) is 33.0. The molecule has 5 nitrogen and oxygen atoms in total. The van der Waals surface area contributed by atoms with Crippen LogP contribution in [0, 0.1) is 5.92 Å². The van der Waals surface area contributed by atoms with Crippen molar-refractivity contribution in [2.24, 2.45) is 5.92 Å². The molecule has 3 heterocycles. The molecular formula is C20H22FN3O2. The van der Waals surface area contributed by atoms with Crippen molar-refractivity contribution in [3.8, 4) is 0 Å². The lowest BCUT2D eigenvalue weighted by molar-refractivity contribution is -0.130. The molecule has 0 bridgehead atoms. The van der Waals surface area contributed by atoms with Crippen molar-refractivity contribution in [2.75, 3.05) is 26.3 Å². The third-order valence-electron chi connectivity index (χ3n) is 5.53. The maximum atomic E-state index is 12.9. The predicted molar refractivity (Wildman–Crippen MR) is 96.5 cm³/mol. The summed E-state index contributed by atoms with van der Waals surface area (Å²) in [5.41, 5.74) is 0.483. The van der Waals surface area contributed by atoms with Crippen LogP contribution in [0.1, 0.15) is 29.8 Å².